The van der Waals surface area contributed by atoms with E-state index in [1.807, 2.05) is 0 Å². The quantitative estimate of drug-likeness (QED) is 0.784. The van der Waals surface area contributed by atoms with Crippen LogP contribution in [0.2, 0.25) is 0 Å². The third-order valence-electron chi connectivity index (χ3n) is 3.50. The second kappa shape index (κ2) is 7.42. The molecule has 0 aromatic carbocycles. The lowest BCUT2D eigenvalue weighted by molar-refractivity contribution is -0.128. The van der Waals surface area contributed by atoms with Gasteiger partial charge in [0.2, 0.25) is 15.9 Å². The zero-order valence-corrected chi connectivity index (χ0v) is 13.3. The summed E-state index contributed by atoms with van der Waals surface area (Å²) >= 11 is 0. The summed E-state index contributed by atoms with van der Waals surface area (Å²) in [6.45, 7) is 2.98. The van der Waals surface area contributed by atoms with Crippen LogP contribution in [0.25, 0.3) is 0 Å². The molecule has 1 aliphatic heterocycles. The molecule has 0 aromatic rings. The standard InChI is InChI=1S/C11H23N3O3S.ClH/c1-9(11(15)13(2)3)18(16,17)14-6-4-10(8-12)5-7-14;/h9-10H,4-8,12H2,1-3H3;1H. The van der Waals surface area contributed by atoms with Crippen LogP contribution in [0.5, 0.6) is 0 Å². The Labute approximate surface area is 121 Å². The van der Waals surface area contributed by atoms with Gasteiger partial charge in [-0.05, 0) is 32.2 Å². The van der Waals surface area contributed by atoms with Gasteiger partial charge in [0.05, 0.1) is 0 Å². The number of hydrogen-bond donors (Lipinski definition) is 1. The molecule has 0 spiro atoms. The highest BCUT2D eigenvalue weighted by molar-refractivity contribution is 7.90. The maximum atomic E-state index is 12.3. The van der Waals surface area contributed by atoms with Crippen molar-refractivity contribution in [1.29, 1.82) is 0 Å². The molecule has 0 bridgehead atoms. The van der Waals surface area contributed by atoms with Crippen LogP contribution in [-0.2, 0) is 14.8 Å². The van der Waals surface area contributed by atoms with Gasteiger partial charge in [-0.1, -0.05) is 0 Å². The van der Waals surface area contributed by atoms with E-state index >= 15 is 0 Å². The maximum Gasteiger partial charge on any atom is 0.241 e. The Hall–Kier alpha value is -0.370. The minimum Gasteiger partial charge on any atom is -0.348 e. The molecule has 8 heteroatoms. The first-order valence-electron chi connectivity index (χ1n) is 6.21. The Bertz CT molecular complexity index is 392. The molecule has 1 aliphatic rings. The van der Waals surface area contributed by atoms with Crippen molar-refractivity contribution in [3.8, 4) is 0 Å². The summed E-state index contributed by atoms with van der Waals surface area (Å²) in [5, 5.41) is -1.01. The van der Waals surface area contributed by atoms with Crippen molar-refractivity contribution in [2.24, 2.45) is 11.7 Å². The summed E-state index contributed by atoms with van der Waals surface area (Å²) in [5.41, 5.74) is 5.58. The summed E-state index contributed by atoms with van der Waals surface area (Å²) < 4.78 is 26.0. The van der Waals surface area contributed by atoms with Crippen LogP contribution in [0, 0.1) is 5.92 Å². The number of sulfonamides is 1. The number of piperidine rings is 1. The van der Waals surface area contributed by atoms with Gasteiger partial charge in [0, 0.05) is 27.2 Å². The fraction of sp³-hybridized carbons (Fsp3) is 0.909. The molecular weight excluding hydrogens is 290 g/mol. The first kappa shape index (κ1) is 18.6. The zero-order chi connectivity index (χ0) is 13.9. The molecule has 0 radical (unpaired) electrons. The predicted molar refractivity (Wildman–Crippen MR) is 77.7 cm³/mol. The van der Waals surface area contributed by atoms with E-state index in [1.165, 1.54) is 16.1 Å². The number of nitrogens with two attached hydrogens (primary N) is 1. The van der Waals surface area contributed by atoms with Gasteiger partial charge in [0.25, 0.3) is 0 Å². The van der Waals surface area contributed by atoms with Gasteiger partial charge in [-0.15, -0.1) is 12.4 Å². The van der Waals surface area contributed by atoms with Crippen LogP contribution < -0.4 is 5.73 Å². The van der Waals surface area contributed by atoms with Gasteiger partial charge in [-0.3, -0.25) is 4.79 Å². The molecule has 1 unspecified atom stereocenters. The van der Waals surface area contributed by atoms with E-state index in [2.05, 4.69) is 0 Å². The van der Waals surface area contributed by atoms with Gasteiger partial charge in [0.1, 0.15) is 0 Å². The fourth-order valence-electron chi connectivity index (χ4n) is 2.11. The molecule has 1 atom stereocenters. The summed E-state index contributed by atoms with van der Waals surface area (Å²) in [4.78, 5) is 13.1. The molecule has 0 aromatic heterocycles. The second-order valence-electron chi connectivity index (χ2n) is 5.00. The Kier molecular flexibility index (Phi) is 7.28. The molecule has 1 amide bonds. The third kappa shape index (κ3) is 4.30. The van der Waals surface area contributed by atoms with Crippen LogP contribution in [0.15, 0.2) is 0 Å². The highest BCUT2D eigenvalue weighted by atomic mass is 35.5. The van der Waals surface area contributed by atoms with Gasteiger partial charge in [-0.25, -0.2) is 12.7 Å². The minimum absolute atomic E-state index is 0. The first-order valence-corrected chi connectivity index (χ1v) is 7.71. The number of carbonyl (C=O) groups excluding carboxylic acids is 1. The van der Waals surface area contributed by atoms with E-state index in [9.17, 15) is 13.2 Å². The lowest BCUT2D eigenvalue weighted by Gasteiger charge is -2.32. The van der Waals surface area contributed by atoms with E-state index in [0.29, 0.717) is 25.6 Å². The molecule has 0 saturated carbocycles. The average molecular weight is 314 g/mol. The Balaban J connectivity index is 0.00000324. The van der Waals surface area contributed by atoms with Crippen molar-refractivity contribution in [3.05, 3.63) is 0 Å². The van der Waals surface area contributed by atoms with E-state index < -0.39 is 15.3 Å². The molecule has 0 aliphatic carbocycles. The molecule has 19 heavy (non-hydrogen) atoms. The molecule has 1 rings (SSSR count). The van der Waals surface area contributed by atoms with Crippen LogP contribution in [0.1, 0.15) is 19.8 Å². The Morgan fingerprint density at radius 3 is 2.21 bits per heavy atom. The molecule has 6 nitrogen and oxygen atoms in total. The van der Waals surface area contributed by atoms with Crippen molar-refractivity contribution < 1.29 is 13.2 Å². The van der Waals surface area contributed by atoms with Crippen molar-refractivity contribution in [1.82, 2.24) is 9.21 Å². The lowest BCUT2D eigenvalue weighted by atomic mass is 9.99. The number of amides is 1. The van der Waals surface area contributed by atoms with Gasteiger partial charge < -0.3 is 10.6 Å². The largest absolute Gasteiger partial charge is 0.348 e. The Morgan fingerprint density at radius 2 is 1.84 bits per heavy atom. The summed E-state index contributed by atoms with van der Waals surface area (Å²) in [5.74, 6) is 0.0206. The van der Waals surface area contributed by atoms with Crippen LogP contribution in [0.4, 0.5) is 0 Å². The van der Waals surface area contributed by atoms with Gasteiger partial charge in [-0.2, -0.15) is 0 Å². The molecule has 1 saturated heterocycles. The van der Waals surface area contributed by atoms with Crippen molar-refractivity contribution in [2.45, 2.75) is 25.0 Å². The van der Waals surface area contributed by atoms with Crippen LogP contribution in [-0.4, -0.2) is 62.5 Å². The molecule has 1 heterocycles. The zero-order valence-electron chi connectivity index (χ0n) is 11.7. The molecular formula is C11H24ClN3O3S. The molecule has 2 N–H and O–H groups in total. The number of rotatable bonds is 4. The summed E-state index contributed by atoms with van der Waals surface area (Å²) in [7, 11) is -0.408. The maximum absolute atomic E-state index is 12.3. The SMILES string of the molecule is CC(C(=O)N(C)C)S(=O)(=O)N1CCC(CN)CC1.Cl. The fourth-order valence-corrected chi connectivity index (χ4v) is 3.75. The predicted octanol–water partition coefficient (Wildman–Crippen LogP) is -0.115. The highest BCUT2D eigenvalue weighted by Gasteiger charge is 2.36. The van der Waals surface area contributed by atoms with Gasteiger partial charge in [0.15, 0.2) is 5.25 Å². The second-order valence-corrected chi connectivity index (χ2v) is 7.25. The topological polar surface area (TPSA) is 83.7 Å². The monoisotopic (exact) mass is 313 g/mol. The van der Waals surface area contributed by atoms with E-state index in [0.717, 1.165) is 12.8 Å². The Morgan fingerprint density at radius 1 is 1.37 bits per heavy atom. The minimum atomic E-state index is -3.54. The average Bonchev–Trinajstić information content (AvgIpc) is 2.36. The van der Waals surface area contributed by atoms with E-state index in [4.69, 9.17) is 5.73 Å². The first-order chi connectivity index (χ1) is 8.30. The summed E-state index contributed by atoms with van der Waals surface area (Å²) in [6.07, 6.45) is 1.55. The lowest BCUT2D eigenvalue weighted by Crippen LogP contribution is -2.48. The van der Waals surface area contributed by atoms with Crippen molar-refractivity contribution >= 4 is 28.3 Å². The van der Waals surface area contributed by atoms with Crippen LogP contribution >= 0.6 is 12.4 Å². The van der Waals surface area contributed by atoms with Crippen molar-refractivity contribution in [2.75, 3.05) is 33.7 Å². The number of carbonyl (C=O) groups is 1. The summed E-state index contributed by atoms with van der Waals surface area (Å²) in [6, 6.07) is 0. The smallest absolute Gasteiger partial charge is 0.241 e. The highest BCUT2D eigenvalue weighted by Crippen LogP contribution is 2.21. The van der Waals surface area contributed by atoms with E-state index in [-0.39, 0.29) is 18.3 Å². The number of hydrogen-bond acceptors (Lipinski definition) is 4. The molecule has 1 fully saturated rings. The number of halogens is 1. The van der Waals surface area contributed by atoms with E-state index in [1.54, 1.807) is 14.1 Å². The normalized spacial score (nSPS) is 19.6. The van der Waals surface area contributed by atoms with Crippen molar-refractivity contribution in [3.63, 3.8) is 0 Å². The third-order valence-corrected chi connectivity index (χ3v) is 5.68. The van der Waals surface area contributed by atoms with Gasteiger partial charge >= 0.3 is 0 Å². The molecule has 114 valence electrons. The van der Waals surface area contributed by atoms with Crippen LogP contribution in [0.3, 0.4) is 0 Å². The number of nitrogens with zero attached hydrogens (tertiary/aromatic N) is 2.